The number of hydrogen-bond donors (Lipinski definition) is 1. The van der Waals surface area contributed by atoms with Crippen LogP contribution in [0.3, 0.4) is 0 Å². The third-order valence-electron chi connectivity index (χ3n) is 5.84. The van der Waals surface area contributed by atoms with Crippen LogP contribution in [0.25, 0.3) is 0 Å². The topological polar surface area (TPSA) is 94.2 Å². The van der Waals surface area contributed by atoms with Crippen LogP contribution in [0.1, 0.15) is 41.6 Å². The first-order chi connectivity index (χ1) is 15.9. The van der Waals surface area contributed by atoms with Crippen LogP contribution in [0.2, 0.25) is 0 Å². The largest absolute Gasteiger partial charge is 0.497 e. The van der Waals surface area contributed by atoms with Gasteiger partial charge in [0.25, 0.3) is 5.91 Å². The quantitative estimate of drug-likeness (QED) is 0.569. The van der Waals surface area contributed by atoms with E-state index >= 15 is 0 Å². The van der Waals surface area contributed by atoms with E-state index in [1.807, 2.05) is 24.3 Å². The molecule has 33 heavy (non-hydrogen) atoms. The number of nitrogens with zero attached hydrogens (tertiary/aromatic N) is 1. The van der Waals surface area contributed by atoms with Gasteiger partial charge in [0.2, 0.25) is 10.0 Å². The SMILES string of the molecule is COc1cccc(CN(CC2CCCO2)C(=O)c2ccc(OC)c(S(=O)(=O)NC3CC3)c2)c1. The van der Waals surface area contributed by atoms with E-state index in [1.54, 1.807) is 18.1 Å². The van der Waals surface area contributed by atoms with E-state index in [0.29, 0.717) is 25.4 Å². The highest BCUT2D eigenvalue weighted by atomic mass is 32.2. The molecular weight excluding hydrogens is 444 g/mol. The fourth-order valence-electron chi connectivity index (χ4n) is 3.93. The second kappa shape index (κ2) is 10.1. The van der Waals surface area contributed by atoms with Crippen molar-refractivity contribution in [1.29, 1.82) is 0 Å². The standard InChI is InChI=1S/C24H30N2O6S/c1-30-20-6-3-5-17(13-20)15-26(16-21-7-4-12-32-21)24(27)18-8-11-22(31-2)23(14-18)33(28,29)25-19-9-10-19/h3,5-6,8,11,13-14,19,21,25H,4,7,9-10,12,15-16H2,1-2H3. The Labute approximate surface area is 194 Å². The third-order valence-corrected chi connectivity index (χ3v) is 7.38. The summed E-state index contributed by atoms with van der Waals surface area (Å²) in [5.74, 6) is 0.651. The van der Waals surface area contributed by atoms with E-state index < -0.39 is 10.0 Å². The van der Waals surface area contributed by atoms with Crippen molar-refractivity contribution in [1.82, 2.24) is 9.62 Å². The number of nitrogens with one attached hydrogen (secondary N) is 1. The molecule has 1 N–H and O–H groups in total. The maximum Gasteiger partial charge on any atom is 0.254 e. The molecule has 178 valence electrons. The van der Waals surface area contributed by atoms with Crippen LogP contribution in [0.5, 0.6) is 11.5 Å². The van der Waals surface area contributed by atoms with E-state index in [0.717, 1.165) is 31.2 Å². The summed E-state index contributed by atoms with van der Waals surface area (Å²) in [6.45, 7) is 1.46. The van der Waals surface area contributed by atoms with Crippen molar-refractivity contribution < 1.29 is 27.4 Å². The van der Waals surface area contributed by atoms with E-state index in [9.17, 15) is 13.2 Å². The number of benzene rings is 2. The third kappa shape index (κ3) is 5.85. The summed E-state index contributed by atoms with van der Waals surface area (Å²) in [5, 5.41) is 0. The summed E-state index contributed by atoms with van der Waals surface area (Å²) in [4.78, 5) is 15.3. The Hall–Kier alpha value is -2.62. The van der Waals surface area contributed by atoms with Crippen molar-refractivity contribution in [3.63, 3.8) is 0 Å². The van der Waals surface area contributed by atoms with E-state index in [2.05, 4.69) is 4.72 Å². The summed E-state index contributed by atoms with van der Waals surface area (Å²) < 4.78 is 44.8. The minimum Gasteiger partial charge on any atom is -0.497 e. The fraction of sp³-hybridized carbons (Fsp3) is 0.458. The van der Waals surface area contributed by atoms with Gasteiger partial charge in [-0.25, -0.2) is 13.1 Å². The Kier molecular flexibility index (Phi) is 7.21. The smallest absolute Gasteiger partial charge is 0.254 e. The van der Waals surface area contributed by atoms with Crippen LogP contribution in [-0.2, 0) is 21.3 Å². The average molecular weight is 475 g/mol. The molecular formula is C24H30N2O6S. The normalized spacial score (nSPS) is 18.2. The molecule has 1 amide bonds. The monoisotopic (exact) mass is 474 g/mol. The lowest BCUT2D eigenvalue weighted by Gasteiger charge is -2.26. The Bertz CT molecular complexity index is 1090. The molecule has 4 rings (SSSR count). The molecule has 9 heteroatoms. The second-order valence-electron chi connectivity index (χ2n) is 8.43. The van der Waals surface area contributed by atoms with Gasteiger partial charge in [-0.05, 0) is 61.6 Å². The zero-order chi connectivity index (χ0) is 23.4. The number of ether oxygens (including phenoxy) is 3. The van der Waals surface area contributed by atoms with Gasteiger partial charge in [0, 0.05) is 31.3 Å². The Morgan fingerprint density at radius 1 is 1.12 bits per heavy atom. The molecule has 1 saturated carbocycles. The lowest BCUT2D eigenvalue weighted by molar-refractivity contribution is 0.0507. The van der Waals surface area contributed by atoms with Crippen LogP contribution >= 0.6 is 0 Å². The van der Waals surface area contributed by atoms with Crippen molar-refractivity contribution in [2.45, 2.75) is 49.3 Å². The van der Waals surface area contributed by atoms with Gasteiger partial charge in [-0.2, -0.15) is 0 Å². The molecule has 1 saturated heterocycles. The Balaban J connectivity index is 1.63. The van der Waals surface area contributed by atoms with Crippen LogP contribution in [0.4, 0.5) is 0 Å². The maximum absolute atomic E-state index is 13.6. The van der Waals surface area contributed by atoms with Crippen LogP contribution in [0.15, 0.2) is 47.4 Å². The minimum atomic E-state index is -3.80. The van der Waals surface area contributed by atoms with Gasteiger partial charge in [-0.1, -0.05) is 12.1 Å². The summed E-state index contributed by atoms with van der Waals surface area (Å²) in [5.41, 5.74) is 1.20. The van der Waals surface area contributed by atoms with Crippen molar-refractivity contribution >= 4 is 15.9 Å². The highest BCUT2D eigenvalue weighted by Gasteiger charge is 2.31. The Morgan fingerprint density at radius 2 is 1.94 bits per heavy atom. The molecule has 1 atom stereocenters. The second-order valence-corrected chi connectivity index (χ2v) is 10.1. The number of carbonyl (C=O) groups is 1. The zero-order valence-electron chi connectivity index (χ0n) is 19.0. The molecule has 2 aliphatic rings. The molecule has 0 spiro atoms. The van der Waals surface area contributed by atoms with Crippen molar-refractivity contribution in [3.05, 3.63) is 53.6 Å². The molecule has 0 radical (unpaired) electrons. The fourth-order valence-corrected chi connectivity index (χ4v) is 5.43. The highest BCUT2D eigenvalue weighted by Crippen LogP contribution is 2.29. The number of rotatable bonds is 10. The van der Waals surface area contributed by atoms with Gasteiger partial charge < -0.3 is 19.1 Å². The number of amides is 1. The van der Waals surface area contributed by atoms with E-state index in [4.69, 9.17) is 14.2 Å². The molecule has 2 aromatic rings. The summed E-state index contributed by atoms with van der Waals surface area (Å²) in [6, 6.07) is 12.0. The molecule has 0 bridgehead atoms. The Morgan fingerprint density at radius 3 is 2.61 bits per heavy atom. The van der Waals surface area contributed by atoms with Gasteiger partial charge in [0.05, 0.1) is 20.3 Å². The first kappa shape index (κ1) is 23.5. The van der Waals surface area contributed by atoms with Crippen molar-refractivity contribution in [2.24, 2.45) is 0 Å². The lowest BCUT2D eigenvalue weighted by atomic mass is 10.1. The number of methoxy groups -OCH3 is 2. The molecule has 2 aromatic carbocycles. The van der Waals surface area contributed by atoms with Crippen LogP contribution < -0.4 is 14.2 Å². The minimum absolute atomic E-state index is 0.0267. The molecule has 2 fully saturated rings. The number of hydrogen-bond acceptors (Lipinski definition) is 6. The molecule has 1 unspecified atom stereocenters. The molecule has 8 nitrogen and oxygen atoms in total. The van der Waals surface area contributed by atoms with E-state index in [-0.39, 0.29) is 34.3 Å². The molecule has 0 aromatic heterocycles. The average Bonchev–Trinajstić information content (AvgIpc) is 3.47. The summed E-state index contributed by atoms with van der Waals surface area (Å²) >= 11 is 0. The van der Waals surface area contributed by atoms with Gasteiger partial charge in [-0.3, -0.25) is 4.79 Å². The van der Waals surface area contributed by atoms with E-state index in [1.165, 1.54) is 19.2 Å². The lowest BCUT2D eigenvalue weighted by Crippen LogP contribution is -2.37. The summed E-state index contributed by atoms with van der Waals surface area (Å²) in [7, 11) is -0.782. The zero-order valence-corrected chi connectivity index (χ0v) is 19.8. The van der Waals surface area contributed by atoms with Crippen molar-refractivity contribution in [3.8, 4) is 11.5 Å². The first-order valence-electron chi connectivity index (χ1n) is 11.1. The summed E-state index contributed by atoms with van der Waals surface area (Å²) in [6.07, 6.45) is 3.43. The molecule has 1 aliphatic heterocycles. The van der Waals surface area contributed by atoms with Gasteiger partial charge in [0.1, 0.15) is 16.4 Å². The van der Waals surface area contributed by atoms with Gasteiger partial charge in [-0.15, -0.1) is 0 Å². The molecule has 1 heterocycles. The predicted octanol–water partition coefficient (Wildman–Crippen LogP) is 2.97. The van der Waals surface area contributed by atoms with Gasteiger partial charge >= 0.3 is 0 Å². The van der Waals surface area contributed by atoms with Crippen LogP contribution in [0, 0.1) is 0 Å². The molecule has 1 aliphatic carbocycles. The van der Waals surface area contributed by atoms with Crippen molar-refractivity contribution in [2.75, 3.05) is 27.4 Å². The number of carbonyl (C=O) groups excluding carboxylic acids is 1. The first-order valence-corrected chi connectivity index (χ1v) is 12.6. The predicted molar refractivity (Wildman–Crippen MR) is 123 cm³/mol. The van der Waals surface area contributed by atoms with Crippen LogP contribution in [-0.4, -0.2) is 58.7 Å². The number of sulfonamides is 1. The highest BCUT2D eigenvalue weighted by molar-refractivity contribution is 7.89. The maximum atomic E-state index is 13.6. The van der Waals surface area contributed by atoms with Gasteiger partial charge in [0.15, 0.2) is 0 Å².